The Morgan fingerprint density at radius 1 is 1.47 bits per heavy atom. The highest BCUT2D eigenvalue weighted by atomic mass is 35.5. The molecule has 0 unspecified atom stereocenters. The first-order valence-corrected chi connectivity index (χ1v) is 5.59. The molecule has 1 aromatic carbocycles. The minimum atomic E-state index is 0.123. The van der Waals surface area contributed by atoms with Crippen LogP contribution in [0.2, 0.25) is 5.02 Å². The van der Waals surface area contributed by atoms with Gasteiger partial charge in [-0.2, -0.15) is 5.10 Å². The Hall–Kier alpha value is -1.72. The number of nitrogens with zero attached hydrogens (tertiary/aromatic N) is 2. The molecule has 0 saturated carbocycles. The minimum Gasteiger partial charge on any atom is -0.375 e. The number of fused-ring (bicyclic) bond motifs is 1. The van der Waals surface area contributed by atoms with Crippen molar-refractivity contribution < 1.29 is 0 Å². The van der Waals surface area contributed by atoms with Gasteiger partial charge in [-0.15, -0.1) is 0 Å². The maximum atomic E-state index is 6.05. The number of hydrogen-bond acceptors (Lipinski definition) is 3. The van der Waals surface area contributed by atoms with Crippen LogP contribution in [-0.4, -0.2) is 16.3 Å². The molecule has 0 aliphatic rings. The fraction of sp³-hybridized carbons (Fsp3) is 0. The third kappa shape index (κ3) is 2.69. The molecule has 3 N–H and O–H groups in total. The number of aromatic nitrogens is 1. The quantitative estimate of drug-likeness (QED) is 0.495. The number of halogens is 1. The van der Waals surface area contributed by atoms with Gasteiger partial charge in [-0.25, -0.2) is 0 Å². The molecule has 0 bridgehead atoms. The lowest BCUT2D eigenvalue weighted by Crippen LogP contribution is -2.24. The lowest BCUT2D eigenvalue weighted by molar-refractivity contribution is 1.04. The molecule has 1 aromatic heterocycles. The zero-order valence-corrected chi connectivity index (χ0v) is 10.3. The molecule has 0 fully saturated rings. The van der Waals surface area contributed by atoms with E-state index in [9.17, 15) is 0 Å². The van der Waals surface area contributed by atoms with Crippen molar-refractivity contribution in [3.8, 4) is 0 Å². The Labute approximate surface area is 108 Å². The molecule has 0 aliphatic carbocycles. The Morgan fingerprint density at radius 3 is 3.06 bits per heavy atom. The third-order valence-corrected chi connectivity index (χ3v) is 2.53. The molecule has 86 valence electrons. The number of para-hydroxylation sites is 1. The van der Waals surface area contributed by atoms with Gasteiger partial charge in [-0.3, -0.25) is 10.4 Å². The SMILES string of the molecule is NC(=S)N/N=C/c1ccnc2c(Cl)cccc12. The summed E-state index contributed by atoms with van der Waals surface area (Å²) in [6.07, 6.45) is 3.30. The van der Waals surface area contributed by atoms with Gasteiger partial charge in [0.25, 0.3) is 0 Å². The minimum absolute atomic E-state index is 0.123. The lowest BCUT2D eigenvalue weighted by atomic mass is 10.1. The van der Waals surface area contributed by atoms with E-state index >= 15 is 0 Å². The van der Waals surface area contributed by atoms with E-state index in [1.807, 2.05) is 18.2 Å². The van der Waals surface area contributed by atoms with Crippen LogP contribution in [0.4, 0.5) is 0 Å². The van der Waals surface area contributed by atoms with Gasteiger partial charge in [-0.05, 0) is 24.4 Å². The summed E-state index contributed by atoms with van der Waals surface area (Å²) in [5, 5.41) is 5.57. The third-order valence-electron chi connectivity index (χ3n) is 2.13. The highest BCUT2D eigenvalue weighted by Crippen LogP contribution is 2.22. The van der Waals surface area contributed by atoms with Crippen molar-refractivity contribution in [2.24, 2.45) is 10.8 Å². The average Bonchev–Trinajstić information content (AvgIpc) is 2.30. The van der Waals surface area contributed by atoms with Gasteiger partial charge in [0.05, 0.1) is 16.8 Å². The van der Waals surface area contributed by atoms with E-state index < -0.39 is 0 Å². The van der Waals surface area contributed by atoms with Crippen LogP contribution >= 0.6 is 23.8 Å². The first kappa shape index (κ1) is 11.8. The molecule has 0 amide bonds. The Bertz CT molecular complexity index is 597. The van der Waals surface area contributed by atoms with Crippen LogP contribution in [0, 0.1) is 0 Å². The Morgan fingerprint density at radius 2 is 2.29 bits per heavy atom. The number of nitrogens with one attached hydrogen (secondary N) is 1. The van der Waals surface area contributed by atoms with Crippen LogP contribution in [0.1, 0.15) is 5.56 Å². The van der Waals surface area contributed by atoms with E-state index in [4.69, 9.17) is 17.3 Å². The number of pyridine rings is 1. The van der Waals surface area contributed by atoms with Gasteiger partial charge >= 0.3 is 0 Å². The van der Waals surface area contributed by atoms with E-state index in [-0.39, 0.29) is 5.11 Å². The zero-order valence-electron chi connectivity index (χ0n) is 8.72. The second kappa shape index (κ2) is 5.07. The number of hydrogen-bond donors (Lipinski definition) is 2. The number of rotatable bonds is 2. The molecule has 0 radical (unpaired) electrons. The van der Waals surface area contributed by atoms with Crippen LogP contribution in [0.15, 0.2) is 35.6 Å². The van der Waals surface area contributed by atoms with Crippen molar-refractivity contribution in [2.75, 3.05) is 0 Å². The highest BCUT2D eigenvalue weighted by Gasteiger charge is 2.02. The fourth-order valence-corrected chi connectivity index (χ4v) is 1.72. The molecule has 0 atom stereocenters. The number of benzene rings is 1. The summed E-state index contributed by atoms with van der Waals surface area (Å²) in [7, 11) is 0. The van der Waals surface area contributed by atoms with Crippen molar-refractivity contribution in [3.05, 3.63) is 41.0 Å². The number of thiocarbonyl (C=S) groups is 1. The second-order valence-electron chi connectivity index (χ2n) is 3.27. The van der Waals surface area contributed by atoms with Gasteiger partial charge in [0.15, 0.2) is 5.11 Å². The topological polar surface area (TPSA) is 63.3 Å². The van der Waals surface area contributed by atoms with Crippen LogP contribution in [-0.2, 0) is 0 Å². The molecule has 6 heteroatoms. The van der Waals surface area contributed by atoms with Gasteiger partial charge in [-0.1, -0.05) is 23.7 Å². The van der Waals surface area contributed by atoms with Gasteiger partial charge < -0.3 is 5.73 Å². The first-order chi connectivity index (χ1) is 8.18. The van der Waals surface area contributed by atoms with Crippen molar-refractivity contribution in [3.63, 3.8) is 0 Å². The first-order valence-electron chi connectivity index (χ1n) is 4.80. The maximum absolute atomic E-state index is 6.05. The molecule has 0 spiro atoms. The van der Waals surface area contributed by atoms with Crippen LogP contribution in [0.3, 0.4) is 0 Å². The summed E-state index contributed by atoms with van der Waals surface area (Å²) >= 11 is 10.7. The zero-order chi connectivity index (χ0) is 12.3. The number of nitrogens with two attached hydrogens (primary N) is 1. The molecule has 17 heavy (non-hydrogen) atoms. The van der Waals surface area contributed by atoms with Crippen LogP contribution in [0.25, 0.3) is 10.9 Å². The largest absolute Gasteiger partial charge is 0.375 e. The monoisotopic (exact) mass is 264 g/mol. The van der Waals surface area contributed by atoms with Crippen molar-refractivity contribution in [1.82, 2.24) is 10.4 Å². The molecule has 4 nitrogen and oxygen atoms in total. The highest BCUT2D eigenvalue weighted by molar-refractivity contribution is 7.80. The molecule has 1 heterocycles. The molecular weight excluding hydrogens is 256 g/mol. The van der Waals surface area contributed by atoms with Gasteiger partial charge in [0, 0.05) is 17.1 Å². The molecule has 0 saturated heterocycles. The van der Waals surface area contributed by atoms with E-state index in [0.717, 1.165) is 16.5 Å². The summed E-state index contributed by atoms with van der Waals surface area (Å²) in [5.74, 6) is 0. The smallest absolute Gasteiger partial charge is 0.184 e. The normalized spacial score (nSPS) is 10.9. The van der Waals surface area contributed by atoms with Crippen LogP contribution in [0.5, 0.6) is 0 Å². The van der Waals surface area contributed by atoms with Crippen molar-refractivity contribution >= 4 is 46.0 Å². The van der Waals surface area contributed by atoms with E-state index in [0.29, 0.717) is 5.02 Å². The molecular formula is C11H9ClN4S. The predicted octanol–water partition coefficient (Wildman–Crippen LogP) is 2.06. The fourth-order valence-electron chi connectivity index (χ4n) is 1.44. The van der Waals surface area contributed by atoms with Crippen LogP contribution < -0.4 is 11.2 Å². The maximum Gasteiger partial charge on any atom is 0.184 e. The summed E-state index contributed by atoms with van der Waals surface area (Å²) < 4.78 is 0. The van der Waals surface area contributed by atoms with Crippen molar-refractivity contribution in [2.45, 2.75) is 0 Å². The summed E-state index contributed by atoms with van der Waals surface area (Å²) in [6.45, 7) is 0. The second-order valence-corrected chi connectivity index (χ2v) is 4.12. The van der Waals surface area contributed by atoms with Gasteiger partial charge in [0.1, 0.15) is 0 Å². The van der Waals surface area contributed by atoms with E-state index in [1.54, 1.807) is 18.5 Å². The summed E-state index contributed by atoms with van der Waals surface area (Å²) in [4.78, 5) is 4.22. The van der Waals surface area contributed by atoms with E-state index in [2.05, 4.69) is 27.7 Å². The molecule has 2 aromatic rings. The summed E-state index contributed by atoms with van der Waals surface area (Å²) in [5.41, 5.74) is 9.40. The van der Waals surface area contributed by atoms with E-state index in [1.165, 1.54) is 0 Å². The standard InChI is InChI=1S/C11H9ClN4S/c12-9-3-1-2-8-7(4-5-14-10(8)9)6-15-16-11(13)17/h1-6H,(H3,13,16,17)/b15-6+. The summed E-state index contributed by atoms with van der Waals surface area (Å²) in [6, 6.07) is 7.43. The molecule has 2 rings (SSSR count). The lowest BCUT2D eigenvalue weighted by Gasteiger charge is -2.02. The molecule has 0 aliphatic heterocycles. The van der Waals surface area contributed by atoms with Gasteiger partial charge in [0.2, 0.25) is 0 Å². The number of hydrazone groups is 1. The van der Waals surface area contributed by atoms with Crippen molar-refractivity contribution in [1.29, 1.82) is 0 Å². The average molecular weight is 265 g/mol. The Kier molecular flexibility index (Phi) is 3.51. The Balaban J connectivity index is 2.44. The predicted molar refractivity (Wildman–Crippen MR) is 74.3 cm³/mol.